The van der Waals surface area contributed by atoms with Crippen molar-refractivity contribution in [3.8, 4) is 11.8 Å². The Bertz CT molecular complexity index is 548. The zero-order valence-electron chi connectivity index (χ0n) is 13.6. The molecule has 1 aromatic rings. The van der Waals surface area contributed by atoms with E-state index in [1.165, 1.54) is 0 Å². The second-order valence-electron chi connectivity index (χ2n) is 5.54. The molecule has 0 aliphatic carbocycles. The molecule has 0 aromatic heterocycles. The summed E-state index contributed by atoms with van der Waals surface area (Å²) in [5.74, 6) is 0.731. The summed E-state index contributed by atoms with van der Waals surface area (Å²) in [6.45, 7) is 5.55. The number of hydrogen-bond acceptors (Lipinski definition) is 5. The third kappa shape index (κ3) is 5.15. The monoisotopic (exact) mass is 316 g/mol. The van der Waals surface area contributed by atoms with Crippen LogP contribution in [-0.4, -0.2) is 57.2 Å². The van der Waals surface area contributed by atoms with E-state index in [9.17, 15) is 4.79 Å². The lowest BCUT2D eigenvalue weighted by molar-refractivity contribution is -0.120. The molecule has 1 N–H and O–H groups in total. The van der Waals surface area contributed by atoms with Gasteiger partial charge in [-0.15, -0.1) is 0 Å². The van der Waals surface area contributed by atoms with Gasteiger partial charge in [0.1, 0.15) is 12.2 Å². The summed E-state index contributed by atoms with van der Waals surface area (Å²) in [5, 5.41) is 11.2. The first-order valence-corrected chi connectivity index (χ1v) is 7.98. The lowest BCUT2D eigenvalue weighted by Crippen LogP contribution is -2.47. The van der Waals surface area contributed by atoms with Crippen LogP contribution in [0.1, 0.15) is 12.8 Å². The van der Waals surface area contributed by atoms with Crippen LogP contribution in [-0.2, 0) is 4.79 Å². The Morgan fingerprint density at radius 2 is 2.04 bits per heavy atom. The lowest BCUT2D eigenvalue weighted by Gasteiger charge is -2.36. The Morgan fingerprint density at radius 3 is 2.74 bits per heavy atom. The summed E-state index contributed by atoms with van der Waals surface area (Å²) in [7, 11) is 1.70. The van der Waals surface area contributed by atoms with Crippen molar-refractivity contribution in [2.45, 2.75) is 12.8 Å². The van der Waals surface area contributed by atoms with Crippen molar-refractivity contribution in [1.82, 2.24) is 10.2 Å². The van der Waals surface area contributed by atoms with Crippen LogP contribution >= 0.6 is 0 Å². The summed E-state index contributed by atoms with van der Waals surface area (Å²) in [5.41, 5.74) is 1.15. The number of nitrogens with one attached hydrogen (secondary N) is 1. The van der Waals surface area contributed by atoms with Crippen LogP contribution in [0.3, 0.4) is 0 Å². The normalized spacial score (nSPS) is 15.0. The first-order valence-electron chi connectivity index (χ1n) is 7.98. The fourth-order valence-corrected chi connectivity index (χ4v) is 2.77. The molecule has 6 heteroatoms. The number of hydrogen-bond donors (Lipinski definition) is 1. The third-order valence-electron chi connectivity index (χ3n) is 4.01. The maximum absolute atomic E-state index is 11.2. The number of benzene rings is 1. The molecule has 124 valence electrons. The highest BCUT2D eigenvalue weighted by Gasteiger charge is 2.19. The molecule has 1 aromatic carbocycles. The molecule has 6 nitrogen and oxygen atoms in total. The quantitative estimate of drug-likeness (QED) is 0.767. The molecule has 0 radical (unpaired) electrons. The topological polar surface area (TPSA) is 68.6 Å². The maximum Gasteiger partial charge on any atom is 0.234 e. The van der Waals surface area contributed by atoms with Crippen LogP contribution in [0.2, 0.25) is 0 Å². The minimum atomic E-state index is -0.187. The second-order valence-corrected chi connectivity index (χ2v) is 5.54. The Morgan fingerprint density at radius 1 is 1.30 bits per heavy atom. The number of anilines is 1. The van der Waals surface area contributed by atoms with Gasteiger partial charge in [-0.25, -0.2) is 0 Å². The second kappa shape index (κ2) is 9.01. The van der Waals surface area contributed by atoms with Gasteiger partial charge >= 0.3 is 0 Å². The number of ether oxygens (including phenoxy) is 1. The van der Waals surface area contributed by atoms with Crippen LogP contribution in [0.5, 0.6) is 5.75 Å². The van der Waals surface area contributed by atoms with Crippen LogP contribution in [0.4, 0.5) is 5.69 Å². The molecule has 0 unspecified atom stereocenters. The zero-order valence-corrected chi connectivity index (χ0v) is 13.6. The fourth-order valence-electron chi connectivity index (χ4n) is 2.77. The molecule has 23 heavy (non-hydrogen) atoms. The lowest BCUT2D eigenvalue weighted by atomic mass is 10.2. The van der Waals surface area contributed by atoms with Gasteiger partial charge in [0.2, 0.25) is 5.91 Å². The highest BCUT2D eigenvalue weighted by atomic mass is 16.5. The molecule has 0 atom stereocenters. The van der Waals surface area contributed by atoms with E-state index in [1.54, 1.807) is 7.11 Å². The van der Waals surface area contributed by atoms with E-state index < -0.39 is 0 Å². The molecule has 0 spiro atoms. The van der Waals surface area contributed by atoms with Gasteiger partial charge in [-0.05, 0) is 25.1 Å². The molecular weight excluding hydrogens is 292 g/mol. The minimum absolute atomic E-state index is 0.0580. The van der Waals surface area contributed by atoms with Gasteiger partial charge < -0.3 is 15.0 Å². The van der Waals surface area contributed by atoms with Gasteiger partial charge in [0, 0.05) is 32.7 Å². The number of piperazine rings is 1. The van der Waals surface area contributed by atoms with E-state index >= 15 is 0 Å². The number of nitriles is 1. The smallest absolute Gasteiger partial charge is 0.234 e. The highest BCUT2D eigenvalue weighted by Crippen LogP contribution is 2.28. The van der Waals surface area contributed by atoms with E-state index in [4.69, 9.17) is 10.00 Å². The van der Waals surface area contributed by atoms with E-state index in [0.717, 1.165) is 50.6 Å². The SMILES string of the molecule is COc1ccccc1N1CCN(CCCNC(=O)CC#N)CC1. The highest BCUT2D eigenvalue weighted by molar-refractivity contribution is 5.77. The Labute approximate surface area is 137 Å². The average Bonchev–Trinajstić information content (AvgIpc) is 2.59. The number of amides is 1. The predicted octanol–water partition coefficient (Wildman–Crippen LogP) is 1.24. The molecule has 0 bridgehead atoms. The largest absolute Gasteiger partial charge is 0.495 e. The number of rotatable bonds is 7. The van der Waals surface area contributed by atoms with E-state index in [1.807, 2.05) is 24.3 Å². The molecule has 0 saturated carbocycles. The Hall–Kier alpha value is -2.26. The summed E-state index contributed by atoms with van der Waals surface area (Å²) in [6.07, 6.45) is 0.851. The molecule has 1 amide bonds. The maximum atomic E-state index is 11.2. The summed E-state index contributed by atoms with van der Waals surface area (Å²) >= 11 is 0. The number of carbonyl (C=O) groups excluding carboxylic acids is 1. The van der Waals surface area contributed by atoms with Crippen molar-refractivity contribution in [2.24, 2.45) is 0 Å². The summed E-state index contributed by atoms with van der Waals surface area (Å²) in [4.78, 5) is 15.9. The van der Waals surface area contributed by atoms with E-state index in [-0.39, 0.29) is 12.3 Å². The van der Waals surface area contributed by atoms with E-state index in [0.29, 0.717) is 6.54 Å². The standard InChI is InChI=1S/C17H24N4O2/c1-23-16-6-3-2-5-15(16)21-13-11-20(12-14-21)10-4-9-19-17(22)7-8-18/h2-3,5-6H,4,7,9-14H2,1H3,(H,19,22). The summed E-state index contributed by atoms with van der Waals surface area (Å²) < 4.78 is 5.43. The first kappa shape index (κ1) is 17.1. The van der Waals surface area contributed by atoms with Crippen molar-refractivity contribution in [3.63, 3.8) is 0 Å². The van der Waals surface area contributed by atoms with Crippen LogP contribution in [0, 0.1) is 11.3 Å². The summed E-state index contributed by atoms with van der Waals surface area (Å²) in [6, 6.07) is 9.96. The number of para-hydroxylation sites is 2. The van der Waals surface area contributed by atoms with Gasteiger partial charge in [0.15, 0.2) is 0 Å². The average molecular weight is 316 g/mol. The van der Waals surface area contributed by atoms with E-state index in [2.05, 4.69) is 21.2 Å². The third-order valence-corrected chi connectivity index (χ3v) is 4.01. The molecule has 1 aliphatic heterocycles. The van der Waals surface area contributed by atoms with Gasteiger partial charge in [0.25, 0.3) is 0 Å². The van der Waals surface area contributed by atoms with Crippen LogP contribution in [0.25, 0.3) is 0 Å². The number of nitrogens with zero attached hydrogens (tertiary/aromatic N) is 3. The molecule has 1 aliphatic rings. The van der Waals surface area contributed by atoms with Crippen molar-refractivity contribution in [1.29, 1.82) is 5.26 Å². The number of methoxy groups -OCH3 is 1. The molecule has 2 rings (SSSR count). The Balaban J connectivity index is 1.70. The van der Waals surface area contributed by atoms with Crippen molar-refractivity contribution in [2.75, 3.05) is 51.3 Å². The van der Waals surface area contributed by atoms with Gasteiger partial charge in [-0.1, -0.05) is 12.1 Å². The number of carbonyl (C=O) groups is 1. The van der Waals surface area contributed by atoms with Crippen LogP contribution < -0.4 is 15.0 Å². The van der Waals surface area contributed by atoms with Crippen molar-refractivity contribution in [3.05, 3.63) is 24.3 Å². The molecular formula is C17H24N4O2. The van der Waals surface area contributed by atoms with Crippen molar-refractivity contribution < 1.29 is 9.53 Å². The van der Waals surface area contributed by atoms with Gasteiger partial charge in [-0.2, -0.15) is 5.26 Å². The molecule has 1 fully saturated rings. The van der Waals surface area contributed by atoms with Crippen LogP contribution in [0.15, 0.2) is 24.3 Å². The van der Waals surface area contributed by atoms with Gasteiger partial charge in [0.05, 0.1) is 18.9 Å². The molecule has 1 heterocycles. The minimum Gasteiger partial charge on any atom is -0.495 e. The predicted molar refractivity (Wildman–Crippen MR) is 89.5 cm³/mol. The molecule has 1 saturated heterocycles. The first-order chi connectivity index (χ1) is 11.2. The zero-order chi connectivity index (χ0) is 16.5. The Kier molecular flexibility index (Phi) is 6.70. The van der Waals surface area contributed by atoms with Crippen molar-refractivity contribution >= 4 is 11.6 Å². The van der Waals surface area contributed by atoms with Gasteiger partial charge in [-0.3, -0.25) is 9.69 Å². The fraction of sp³-hybridized carbons (Fsp3) is 0.529.